The van der Waals surface area contributed by atoms with Crippen LogP contribution in [0, 0.1) is 0 Å². The molecule has 0 aromatic heterocycles. The number of rotatable bonds is 6. The second kappa shape index (κ2) is 10.4. The third kappa shape index (κ3) is 6.05. The molecule has 6 heteroatoms. The topological polar surface area (TPSA) is 47.1 Å². The van der Waals surface area contributed by atoms with E-state index in [4.69, 9.17) is 0 Å². The van der Waals surface area contributed by atoms with Gasteiger partial charge in [0.2, 0.25) is 11.8 Å². The molecule has 166 valence electrons. The molecule has 2 heterocycles. The lowest BCUT2D eigenvalue weighted by atomic mass is 10.0. The van der Waals surface area contributed by atoms with E-state index in [0.29, 0.717) is 12.1 Å². The molecule has 30 heavy (non-hydrogen) atoms. The van der Waals surface area contributed by atoms with Gasteiger partial charge in [0.15, 0.2) is 0 Å². The summed E-state index contributed by atoms with van der Waals surface area (Å²) < 4.78 is 0. The van der Waals surface area contributed by atoms with Crippen LogP contribution in [0.1, 0.15) is 50.7 Å². The average molecular weight is 415 g/mol. The van der Waals surface area contributed by atoms with Gasteiger partial charge in [-0.25, -0.2) is 0 Å². The number of hydrogen-bond acceptors (Lipinski definition) is 4. The fraction of sp³-hybridized carbons (Fsp3) is 0.667. The first-order chi connectivity index (χ1) is 14.3. The van der Waals surface area contributed by atoms with E-state index in [1.165, 1.54) is 11.1 Å². The van der Waals surface area contributed by atoms with Crippen LogP contribution in [0.5, 0.6) is 0 Å². The van der Waals surface area contributed by atoms with Gasteiger partial charge in [-0.05, 0) is 36.8 Å². The Bertz CT molecular complexity index is 643. The summed E-state index contributed by atoms with van der Waals surface area (Å²) in [6, 6.07) is 9.83. The number of amides is 2. The van der Waals surface area contributed by atoms with E-state index in [-0.39, 0.29) is 11.8 Å². The number of benzene rings is 1. The Morgan fingerprint density at radius 1 is 0.733 bits per heavy atom. The van der Waals surface area contributed by atoms with Gasteiger partial charge < -0.3 is 9.80 Å². The first-order valence-electron chi connectivity index (χ1n) is 11.3. The van der Waals surface area contributed by atoms with Crippen molar-refractivity contribution in [3.8, 4) is 0 Å². The van der Waals surface area contributed by atoms with Crippen LogP contribution < -0.4 is 0 Å². The predicted octanol–water partition coefficient (Wildman–Crippen LogP) is 2.57. The van der Waals surface area contributed by atoms with Crippen molar-refractivity contribution in [1.29, 1.82) is 0 Å². The van der Waals surface area contributed by atoms with Gasteiger partial charge in [0.25, 0.3) is 0 Å². The second-order valence-electron chi connectivity index (χ2n) is 9.09. The standard InChI is InChI=1S/C24H38N4O2/c1-19(29)25(3)23-9-13-27(14-10-23)17-21-5-7-22(8-6-21)18-28-15-11-24(12-16-28)26(4)20(2)30/h5-8,23-24H,9-18H2,1-4H3. The highest BCUT2D eigenvalue weighted by atomic mass is 16.2. The van der Waals surface area contributed by atoms with Crippen molar-refractivity contribution in [2.75, 3.05) is 40.3 Å². The largest absolute Gasteiger partial charge is 0.343 e. The van der Waals surface area contributed by atoms with Crippen molar-refractivity contribution in [3.63, 3.8) is 0 Å². The van der Waals surface area contributed by atoms with E-state index >= 15 is 0 Å². The van der Waals surface area contributed by atoms with Crippen LogP contribution in [0.4, 0.5) is 0 Å². The van der Waals surface area contributed by atoms with Crippen LogP contribution in [0.25, 0.3) is 0 Å². The van der Waals surface area contributed by atoms with E-state index in [9.17, 15) is 9.59 Å². The smallest absolute Gasteiger partial charge is 0.219 e. The highest BCUT2D eigenvalue weighted by Gasteiger charge is 2.25. The van der Waals surface area contributed by atoms with Crippen molar-refractivity contribution in [1.82, 2.24) is 19.6 Å². The number of hydrogen-bond donors (Lipinski definition) is 0. The van der Waals surface area contributed by atoms with Crippen molar-refractivity contribution in [2.24, 2.45) is 0 Å². The molecular weight excluding hydrogens is 376 g/mol. The summed E-state index contributed by atoms with van der Waals surface area (Å²) in [4.78, 5) is 31.9. The number of likely N-dealkylation sites (tertiary alicyclic amines) is 2. The molecule has 2 fully saturated rings. The molecule has 2 amide bonds. The van der Waals surface area contributed by atoms with Gasteiger partial charge in [0.1, 0.15) is 0 Å². The van der Waals surface area contributed by atoms with Gasteiger partial charge in [-0.2, -0.15) is 0 Å². The lowest BCUT2D eigenvalue weighted by molar-refractivity contribution is -0.131. The van der Waals surface area contributed by atoms with E-state index in [1.807, 2.05) is 23.9 Å². The number of carbonyl (C=O) groups excluding carboxylic acids is 2. The summed E-state index contributed by atoms with van der Waals surface area (Å²) in [5, 5.41) is 0. The van der Waals surface area contributed by atoms with Crippen LogP contribution in [0.15, 0.2) is 24.3 Å². The first kappa shape index (κ1) is 22.8. The molecule has 0 bridgehead atoms. The third-order valence-electron chi connectivity index (χ3n) is 7.04. The zero-order valence-corrected chi connectivity index (χ0v) is 19.1. The molecule has 3 rings (SSSR count). The van der Waals surface area contributed by atoms with Crippen LogP contribution in [-0.4, -0.2) is 83.8 Å². The molecule has 6 nitrogen and oxygen atoms in total. The van der Waals surface area contributed by atoms with E-state index < -0.39 is 0 Å². The summed E-state index contributed by atoms with van der Waals surface area (Å²) in [5.41, 5.74) is 2.72. The maximum Gasteiger partial charge on any atom is 0.219 e. The lowest BCUT2D eigenvalue weighted by Crippen LogP contribution is -2.44. The zero-order chi connectivity index (χ0) is 21.7. The monoisotopic (exact) mass is 414 g/mol. The molecule has 2 saturated heterocycles. The van der Waals surface area contributed by atoms with Crippen molar-refractivity contribution >= 4 is 11.8 Å². The quantitative estimate of drug-likeness (QED) is 0.718. The van der Waals surface area contributed by atoms with Gasteiger partial charge in [-0.3, -0.25) is 19.4 Å². The van der Waals surface area contributed by atoms with Crippen molar-refractivity contribution in [2.45, 2.75) is 64.7 Å². The van der Waals surface area contributed by atoms with Crippen LogP contribution >= 0.6 is 0 Å². The fourth-order valence-electron chi connectivity index (χ4n) is 4.71. The van der Waals surface area contributed by atoms with Gasteiger partial charge in [0.05, 0.1) is 0 Å². The molecule has 0 unspecified atom stereocenters. The maximum atomic E-state index is 11.6. The van der Waals surface area contributed by atoms with E-state index in [0.717, 1.165) is 65.0 Å². The molecule has 1 aromatic rings. The van der Waals surface area contributed by atoms with E-state index in [1.54, 1.807) is 13.8 Å². The molecule has 0 spiro atoms. The van der Waals surface area contributed by atoms with Crippen LogP contribution in [-0.2, 0) is 22.7 Å². The minimum Gasteiger partial charge on any atom is -0.343 e. The zero-order valence-electron chi connectivity index (χ0n) is 19.1. The van der Waals surface area contributed by atoms with Crippen LogP contribution in [0.2, 0.25) is 0 Å². The number of piperidine rings is 2. The third-order valence-corrected chi connectivity index (χ3v) is 7.04. The Morgan fingerprint density at radius 2 is 1.03 bits per heavy atom. The molecule has 2 aliphatic rings. The Labute approximate surface area is 181 Å². The van der Waals surface area contributed by atoms with Crippen molar-refractivity contribution < 1.29 is 9.59 Å². The summed E-state index contributed by atoms with van der Waals surface area (Å²) in [6.45, 7) is 9.48. The Balaban J connectivity index is 1.42. The summed E-state index contributed by atoms with van der Waals surface area (Å²) in [5.74, 6) is 0.332. The lowest BCUT2D eigenvalue weighted by Gasteiger charge is -2.36. The summed E-state index contributed by atoms with van der Waals surface area (Å²) >= 11 is 0. The highest BCUT2D eigenvalue weighted by Crippen LogP contribution is 2.20. The van der Waals surface area contributed by atoms with Gasteiger partial charge in [-0.15, -0.1) is 0 Å². The number of nitrogens with zero attached hydrogens (tertiary/aromatic N) is 4. The SMILES string of the molecule is CC(=O)N(C)C1CCN(Cc2ccc(CN3CCC(N(C)C(C)=O)CC3)cc2)CC1. The number of carbonyl (C=O) groups is 2. The second-order valence-corrected chi connectivity index (χ2v) is 9.09. The fourth-order valence-corrected chi connectivity index (χ4v) is 4.71. The molecule has 1 aromatic carbocycles. The highest BCUT2D eigenvalue weighted by molar-refractivity contribution is 5.73. The Kier molecular flexibility index (Phi) is 7.89. The summed E-state index contributed by atoms with van der Waals surface area (Å²) in [7, 11) is 3.84. The molecule has 0 N–H and O–H groups in total. The predicted molar refractivity (Wildman–Crippen MR) is 120 cm³/mol. The van der Waals surface area contributed by atoms with Gasteiger partial charge in [0, 0.05) is 79.3 Å². The van der Waals surface area contributed by atoms with Crippen LogP contribution in [0.3, 0.4) is 0 Å². The summed E-state index contributed by atoms with van der Waals surface area (Å²) in [6.07, 6.45) is 4.23. The first-order valence-corrected chi connectivity index (χ1v) is 11.3. The normalized spacial score (nSPS) is 19.6. The Morgan fingerprint density at radius 3 is 1.30 bits per heavy atom. The van der Waals surface area contributed by atoms with Gasteiger partial charge in [-0.1, -0.05) is 24.3 Å². The molecule has 0 saturated carbocycles. The van der Waals surface area contributed by atoms with Gasteiger partial charge >= 0.3 is 0 Å². The van der Waals surface area contributed by atoms with E-state index in [2.05, 4.69) is 34.1 Å². The average Bonchev–Trinajstić information content (AvgIpc) is 2.75. The van der Waals surface area contributed by atoms with Crippen molar-refractivity contribution in [3.05, 3.63) is 35.4 Å². The molecule has 0 radical (unpaired) electrons. The molecule has 0 aliphatic carbocycles. The molecule has 0 atom stereocenters. The minimum atomic E-state index is 0.166. The Hall–Kier alpha value is -1.92. The minimum absolute atomic E-state index is 0.166. The molecule has 2 aliphatic heterocycles. The molecular formula is C24H38N4O2. The maximum absolute atomic E-state index is 11.6.